The highest BCUT2D eigenvalue weighted by Crippen LogP contribution is 2.21. The summed E-state index contributed by atoms with van der Waals surface area (Å²) in [5.41, 5.74) is 0. The molecule has 0 bridgehead atoms. The smallest absolute Gasteiger partial charge is 0.246 e. The number of carbonyl (C=O) groups excluding carboxylic acids is 3. The zero-order chi connectivity index (χ0) is 16.8. The third-order valence-electron chi connectivity index (χ3n) is 4.79. The molecule has 128 valence electrons. The van der Waals surface area contributed by atoms with Crippen LogP contribution in [0.5, 0.6) is 0 Å². The normalized spacial score (nSPS) is 19.6. The van der Waals surface area contributed by atoms with Crippen LogP contribution in [0.25, 0.3) is 0 Å². The standard InChI is InChI=1S/C17H27N3O3/c1-3-15(21)18(2)13-17(23)19-10-7-14(8-11-19)12-20-9-5-4-6-16(20)22/h3,14H,1,4-13H2,2H3. The second-order valence-corrected chi connectivity index (χ2v) is 6.52. The van der Waals surface area contributed by atoms with Crippen molar-refractivity contribution in [3.8, 4) is 0 Å². The van der Waals surface area contributed by atoms with Gasteiger partial charge in [0.15, 0.2) is 0 Å². The van der Waals surface area contributed by atoms with Crippen LogP contribution in [0.4, 0.5) is 0 Å². The Labute approximate surface area is 138 Å². The highest BCUT2D eigenvalue weighted by atomic mass is 16.2. The van der Waals surface area contributed by atoms with E-state index in [4.69, 9.17) is 0 Å². The molecular weight excluding hydrogens is 294 g/mol. The molecule has 0 radical (unpaired) electrons. The molecule has 0 atom stereocenters. The summed E-state index contributed by atoms with van der Waals surface area (Å²) in [5.74, 6) is 0.500. The lowest BCUT2D eigenvalue weighted by atomic mass is 9.95. The fraction of sp³-hybridized carbons (Fsp3) is 0.706. The third kappa shape index (κ3) is 4.81. The zero-order valence-electron chi connectivity index (χ0n) is 14.0. The van der Waals surface area contributed by atoms with Gasteiger partial charge in [-0.3, -0.25) is 14.4 Å². The highest BCUT2D eigenvalue weighted by Gasteiger charge is 2.27. The van der Waals surface area contributed by atoms with E-state index in [2.05, 4.69) is 6.58 Å². The van der Waals surface area contributed by atoms with Crippen LogP contribution in [0.2, 0.25) is 0 Å². The fourth-order valence-electron chi connectivity index (χ4n) is 3.27. The van der Waals surface area contributed by atoms with E-state index in [0.29, 0.717) is 25.4 Å². The van der Waals surface area contributed by atoms with Gasteiger partial charge >= 0.3 is 0 Å². The molecule has 3 amide bonds. The Morgan fingerprint density at radius 3 is 2.57 bits per heavy atom. The first-order chi connectivity index (χ1) is 11.0. The van der Waals surface area contributed by atoms with Crippen LogP contribution in [0, 0.1) is 5.92 Å². The van der Waals surface area contributed by atoms with Gasteiger partial charge in [-0.2, -0.15) is 0 Å². The molecule has 0 spiro atoms. The predicted molar refractivity (Wildman–Crippen MR) is 87.6 cm³/mol. The number of likely N-dealkylation sites (N-methyl/N-ethyl adjacent to an activating group) is 1. The number of amides is 3. The van der Waals surface area contributed by atoms with Crippen LogP contribution < -0.4 is 0 Å². The maximum atomic E-state index is 12.2. The van der Waals surface area contributed by atoms with Crippen molar-refractivity contribution in [1.82, 2.24) is 14.7 Å². The maximum absolute atomic E-state index is 12.2. The van der Waals surface area contributed by atoms with Crippen LogP contribution in [0.15, 0.2) is 12.7 Å². The van der Waals surface area contributed by atoms with Crippen molar-refractivity contribution in [1.29, 1.82) is 0 Å². The van der Waals surface area contributed by atoms with Gasteiger partial charge in [-0.1, -0.05) is 6.58 Å². The molecule has 2 aliphatic heterocycles. The van der Waals surface area contributed by atoms with Crippen molar-refractivity contribution in [3.05, 3.63) is 12.7 Å². The Morgan fingerprint density at radius 2 is 1.96 bits per heavy atom. The van der Waals surface area contributed by atoms with E-state index in [-0.39, 0.29) is 24.3 Å². The van der Waals surface area contributed by atoms with Gasteiger partial charge in [0.2, 0.25) is 17.7 Å². The summed E-state index contributed by atoms with van der Waals surface area (Å²) >= 11 is 0. The number of likely N-dealkylation sites (tertiary alicyclic amines) is 2. The lowest BCUT2D eigenvalue weighted by molar-refractivity contribution is -0.139. The number of hydrogen-bond acceptors (Lipinski definition) is 3. The van der Waals surface area contributed by atoms with Crippen LogP contribution >= 0.6 is 0 Å². The van der Waals surface area contributed by atoms with E-state index in [0.717, 1.165) is 38.8 Å². The Balaban J connectivity index is 1.74. The van der Waals surface area contributed by atoms with Gasteiger partial charge < -0.3 is 14.7 Å². The minimum absolute atomic E-state index is 0.0183. The molecule has 2 fully saturated rings. The van der Waals surface area contributed by atoms with Crippen LogP contribution in [-0.4, -0.2) is 72.2 Å². The van der Waals surface area contributed by atoms with Gasteiger partial charge in [-0.15, -0.1) is 0 Å². The van der Waals surface area contributed by atoms with Gasteiger partial charge in [-0.25, -0.2) is 0 Å². The topological polar surface area (TPSA) is 60.9 Å². The van der Waals surface area contributed by atoms with E-state index in [9.17, 15) is 14.4 Å². The maximum Gasteiger partial charge on any atom is 0.246 e. The zero-order valence-corrected chi connectivity index (χ0v) is 14.0. The van der Waals surface area contributed by atoms with Gasteiger partial charge in [0.25, 0.3) is 0 Å². The van der Waals surface area contributed by atoms with Crippen molar-refractivity contribution in [3.63, 3.8) is 0 Å². The molecule has 2 heterocycles. The third-order valence-corrected chi connectivity index (χ3v) is 4.79. The minimum atomic E-state index is -0.239. The first-order valence-electron chi connectivity index (χ1n) is 8.44. The molecule has 2 saturated heterocycles. The summed E-state index contributed by atoms with van der Waals surface area (Å²) in [6.45, 7) is 6.65. The summed E-state index contributed by atoms with van der Waals surface area (Å²) in [6.07, 6.45) is 5.87. The summed E-state index contributed by atoms with van der Waals surface area (Å²) in [5, 5.41) is 0. The molecule has 6 heteroatoms. The van der Waals surface area contributed by atoms with Crippen molar-refractivity contribution >= 4 is 17.7 Å². The van der Waals surface area contributed by atoms with Gasteiger partial charge in [0, 0.05) is 39.6 Å². The largest absolute Gasteiger partial charge is 0.342 e. The molecule has 0 aromatic carbocycles. The monoisotopic (exact) mass is 321 g/mol. The van der Waals surface area contributed by atoms with Crippen molar-refractivity contribution in [2.45, 2.75) is 32.1 Å². The summed E-state index contributed by atoms with van der Waals surface area (Å²) in [7, 11) is 1.61. The van der Waals surface area contributed by atoms with Gasteiger partial charge in [0.1, 0.15) is 0 Å². The molecule has 2 aliphatic rings. The first-order valence-corrected chi connectivity index (χ1v) is 8.44. The number of nitrogens with zero attached hydrogens (tertiary/aromatic N) is 3. The minimum Gasteiger partial charge on any atom is -0.342 e. The number of hydrogen-bond donors (Lipinski definition) is 0. The van der Waals surface area contributed by atoms with Crippen molar-refractivity contribution in [2.24, 2.45) is 5.92 Å². The van der Waals surface area contributed by atoms with Gasteiger partial charge in [-0.05, 0) is 37.7 Å². The van der Waals surface area contributed by atoms with Crippen molar-refractivity contribution in [2.75, 3.05) is 39.8 Å². The molecule has 0 N–H and O–H groups in total. The van der Waals surface area contributed by atoms with Crippen LogP contribution in [-0.2, 0) is 14.4 Å². The SMILES string of the molecule is C=CC(=O)N(C)CC(=O)N1CCC(CN2CCCCC2=O)CC1. The van der Waals surface area contributed by atoms with E-state index < -0.39 is 0 Å². The van der Waals surface area contributed by atoms with E-state index in [1.165, 1.54) is 11.0 Å². The lowest BCUT2D eigenvalue weighted by Crippen LogP contribution is -2.46. The molecule has 23 heavy (non-hydrogen) atoms. The van der Waals surface area contributed by atoms with E-state index in [1.807, 2.05) is 9.80 Å². The quantitative estimate of drug-likeness (QED) is 0.706. The molecular formula is C17H27N3O3. The molecule has 2 rings (SSSR count). The highest BCUT2D eigenvalue weighted by molar-refractivity contribution is 5.90. The molecule has 0 aliphatic carbocycles. The summed E-state index contributed by atoms with van der Waals surface area (Å²) in [6, 6.07) is 0. The molecule has 6 nitrogen and oxygen atoms in total. The molecule has 0 saturated carbocycles. The van der Waals surface area contributed by atoms with Crippen molar-refractivity contribution < 1.29 is 14.4 Å². The Kier molecular flexibility index (Phi) is 6.19. The average molecular weight is 321 g/mol. The second-order valence-electron chi connectivity index (χ2n) is 6.52. The Morgan fingerprint density at radius 1 is 1.26 bits per heavy atom. The summed E-state index contributed by atoms with van der Waals surface area (Å²) in [4.78, 5) is 40.7. The predicted octanol–water partition coefficient (Wildman–Crippen LogP) is 0.882. The van der Waals surface area contributed by atoms with E-state index in [1.54, 1.807) is 7.05 Å². The molecule has 0 unspecified atom stereocenters. The number of rotatable bonds is 5. The number of piperidine rings is 2. The fourth-order valence-corrected chi connectivity index (χ4v) is 3.27. The van der Waals surface area contributed by atoms with Crippen LogP contribution in [0.3, 0.4) is 0 Å². The first kappa shape index (κ1) is 17.5. The Hall–Kier alpha value is -1.85. The lowest BCUT2D eigenvalue weighted by Gasteiger charge is -2.36. The Bertz CT molecular complexity index is 470. The van der Waals surface area contributed by atoms with E-state index >= 15 is 0 Å². The summed E-state index contributed by atoms with van der Waals surface area (Å²) < 4.78 is 0. The number of carbonyl (C=O) groups is 3. The van der Waals surface area contributed by atoms with Gasteiger partial charge in [0.05, 0.1) is 6.54 Å². The molecule has 0 aromatic rings. The van der Waals surface area contributed by atoms with Crippen LogP contribution in [0.1, 0.15) is 32.1 Å². The molecule has 0 aromatic heterocycles. The average Bonchev–Trinajstić information content (AvgIpc) is 2.56. The second kappa shape index (κ2) is 8.13.